The summed E-state index contributed by atoms with van der Waals surface area (Å²) in [5.41, 5.74) is 0.476. The van der Waals surface area contributed by atoms with E-state index in [2.05, 4.69) is 19.2 Å². The molecule has 2 aliphatic carbocycles. The third kappa shape index (κ3) is 2.14. The Labute approximate surface area is 99.8 Å². The van der Waals surface area contributed by atoms with Gasteiger partial charge in [-0.2, -0.15) is 0 Å². The van der Waals surface area contributed by atoms with Crippen LogP contribution >= 0.6 is 0 Å². The molecular formula is C14H27NO. The van der Waals surface area contributed by atoms with Crippen LogP contribution in [0.25, 0.3) is 0 Å². The summed E-state index contributed by atoms with van der Waals surface area (Å²) in [4.78, 5) is 0. The molecule has 2 unspecified atom stereocenters. The normalized spacial score (nSPS) is 38.6. The van der Waals surface area contributed by atoms with E-state index in [4.69, 9.17) is 0 Å². The van der Waals surface area contributed by atoms with Gasteiger partial charge in [-0.05, 0) is 50.0 Å². The van der Waals surface area contributed by atoms with Gasteiger partial charge < -0.3 is 10.4 Å². The molecule has 0 saturated heterocycles. The molecule has 0 heterocycles. The van der Waals surface area contributed by atoms with Crippen LogP contribution in [0.4, 0.5) is 0 Å². The summed E-state index contributed by atoms with van der Waals surface area (Å²) >= 11 is 0. The monoisotopic (exact) mass is 225 g/mol. The van der Waals surface area contributed by atoms with Gasteiger partial charge in [0.1, 0.15) is 0 Å². The second kappa shape index (κ2) is 4.66. The third-order valence-corrected chi connectivity index (χ3v) is 4.93. The molecule has 0 aromatic heterocycles. The van der Waals surface area contributed by atoms with E-state index in [0.29, 0.717) is 11.5 Å². The van der Waals surface area contributed by atoms with Crippen LogP contribution in [-0.2, 0) is 0 Å². The number of aliphatic hydroxyl groups is 1. The molecule has 0 spiro atoms. The number of rotatable bonds is 4. The average molecular weight is 225 g/mol. The van der Waals surface area contributed by atoms with Gasteiger partial charge in [0.15, 0.2) is 0 Å². The molecule has 4 atom stereocenters. The standard InChI is InChI=1S/C14H27NO/c1-10(16)8-9-15-13-11-6-4-5-7-12(11)14(13,2)3/h10-13,15-16H,4-9H2,1-3H3/t10?,11-,12+,13?/m1/s1. The minimum absolute atomic E-state index is 0.169. The van der Waals surface area contributed by atoms with Crippen LogP contribution in [-0.4, -0.2) is 23.8 Å². The van der Waals surface area contributed by atoms with Gasteiger partial charge in [0, 0.05) is 6.04 Å². The molecule has 2 heteroatoms. The van der Waals surface area contributed by atoms with Gasteiger partial charge >= 0.3 is 0 Å². The fourth-order valence-corrected chi connectivity index (χ4v) is 4.01. The summed E-state index contributed by atoms with van der Waals surface area (Å²) in [6, 6.07) is 0.691. The predicted octanol–water partition coefficient (Wildman–Crippen LogP) is 2.56. The molecule has 0 aliphatic heterocycles. The lowest BCUT2D eigenvalue weighted by Gasteiger charge is -2.61. The average Bonchev–Trinajstić information content (AvgIpc) is 2.24. The Bertz CT molecular complexity index is 237. The highest BCUT2D eigenvalue weighted by molar-refractivity contribution is 5.08. The molecule has 0 aromatic rings. The molecular weight excluding hydrogens is 198 g/mol. The summed E-state index contributed by atoms with van der Waals surface area (Å²) in [6.07, 6.45) is 6.42. The summed E-state index contributed by atoms with van der Waals surface area (Å²) in [5.74, 6) is 1.86. The van der Waals surface area contributed by atoms with Gasteiger partial charge in [-0.1, -0.05) is 26.7 Å². The molecule has 94 valence electrons. The summed E-state index contributed by atoms with van der Waals surface area (Å²) < 4.78 is 0. The third-order valence-electron chi connectivity index (χ3n) is 4.93. The van der Waals surface area contributed by atoms with Crippen molar-refractivity contribution in [3.63, 3.8) is 0 Å². The van der Waals surface area contributed by atoms with Crippen molar-refractivity contribution in [1.29, 1.82) is 0 Å². The highest BCUT2D eigenvalue weighted by atomic mass is 16.3. The van der Waals surface area contributed by atoms with Crippen LogP contribution in [0.3, 0.4) is 0 Å². The van der Waals surface area contributed by atoms with Crippen LogP contribution in [0.1, 0.15) is 52.9 Å². The minimum Gasteiger partial charge on any atom is -0.393 e. The largest absolute Gasteiger partial charge is 0.393 e. The summed E-state index contributed by atoms with van der Waals surface area (Å²) in [7, 11) is 0. The van der Waals surface area contributed by atoms with E-state index < -0.39 is 0 Å². The first-order valence-electron chi connectivity index (χ1n) is 6.95. The Morgan fingerprint density at radius 1 is 1.31 bits per heavy atom. The number of nitrogens with one attached hydrogen (secondary N) is 1. The van der Waals surface area contributed by atoms with Crippen molar-refractivity contribution in [2.24, 2.45) is 17.3 Å². The zero-order valence-corrected chi connectivity index (χ0v) is 11.0. The zero-order valence-electron chi connectivity index (χ0n) is 11.0. The van der Waals surface area contributed by atoms with E-state index in [1.54, 1.807) is 0 Å². The maximum atomic E-state index is 9.28. The van der Waals surface area contributed by atoms with Crippen LogP contribution in [0, 0.1) is 17.3 Å². The highest BCUT2D eigenvalue weighted by Gasteiger charge is 2.55. The van der Waals surface area contributed by atoms with Crippen molar-refractivity contribution >= 4 is 0 Å². The van der Waals surface area contributed by atoms with Crippen molar-refractivity contribution in [2.75, 3.05) is 6.54 Å². The fourth-order valence-electron chi connectivity index (χ4n) is 4.01. The molecule has 16 heavy (non-hydrogen) atoms. The summed E-state index contributed by atoms with van der Waals surface area (Å²) in [6.45, 7) is 7.67. The lowest BCUT2D eigenvalue weighted by Crippen LogP contribution is -2.65. The van der Waals surface area contributed by atoms with E-state index in [0.717, 1.165) is 24.8 Å². The molecule has 0 aromatic carbocycles. The van der Waals surface area contributed by atoms with Crippen LogP contribution in [0.2, 0.25) is 0 Å². The maximum Gasteiger partial charge on any atom is 0.0524 e. The summed E-state index contributed by atoms with van der Waals surface area (Å²) in [5, 5.41) is 13.0. The van der Waals surface area contributed by atoms with Gasteiger partial charge in [0.05, 0.1) is 6.10 Å². The van der Waals surface area contributed by atoms with Gasteiger partial charge in [-0.15, -0.1) is 0 Å². The second-order valence-electron chi connectivity index (χ2n) is 6.45. The quantitative estimate of drug-likeness (QED) is 0.770. The van der Waals surface area contributed by atoms with Crippen molar-refractivity contribution in [2.45, 2.75) is 65.0 Å². The van der Waals surface area contributed by atoms with E-state index in [1.165, 1.54) is 25.7 Å². The van der Waals surface area contributed by atoms with E-state index in [9.17, 15) is 5.11 Å². The van der Waals surface area contributed by atoms with Crippen LogP contribution in [0.5, 0.6) is 0 Å². The van der Waals surface area contributed by atoms with Gasteiger partial charge in [-0.25, -0.2) is 0 Å². The topological polar surface area (TPSA) is 32.3 Å². The number of fused-ring (bicyclic) bond motifs is 1. The first kappa shape index (κ1) is 12.4. The number of aliphatic hydroxyl groups excluding tert-OH is 1. The zero-order chi connectivity index (χ0) is 11.8. The predicted molar refractivity (Wildman–Crippen MR) is 67.3 cm³/mol. The van der Waals surface area contributed by atoms with Gasteiger partial charge in [0.25, 0.3) is 0 Å². The Morgan fingerprint density at radius 3 is 2.69 bits per heavy atom. The first-order chi connectivity index (χ1) is 7.53. The fraction of sp³-hybridized carbons (Fsp3) is 1.00. The molecule has 2 aliphatic rings. The molecule has 0 radical (unpaired) electrons. The van der Waals surface area contributed by atoms with Crippen LogP contribution in [0.15, 0.2) is 0 Å². The van der Waals surface area contributed by atoms with Crippen LogP contribution < -0.4 is 5.32 Å². The minimum atomic E-state index is -0.169. The first-order valence-corrected chi connectivity index (χ1v) is 6.95. The Hall–Kier alpha value is -0.0800. The smallest absolute Gasteiger partial charge is 0.0524 e. The molecule has 2 rings (SSSR count). The van der Waals surface area contributed by atoms with Gasteiger partial charge in [0.2, 0.25) is 0 Å². The molecule has 0 amide bonds. The van der Waals surface area contributed by atoms with Gasteiger partial charge in [-0.3, -0.25) is 0 Å². The van der Waals surface area contributed by atoms with Crippen molar-refractivity contribution in [3.8, 4) is 0 Å². The molecule has 2 nitrogen and oxygen atoms in total. The van der Waals surface area contributed by atoms with E-state index >= 15 is 0 Å². The maximum absolute atomic E-state index is 9.28. The molecule has 2 saturated carbocycles. The highest BCUT2D eigenvalue weighted by Crippen LogP contribution is 2.57. The number of hydrogen-bond acceptors (Lipinski definition) is 2. The lowest BCUT2D eigenvalue weighted by atomic mass is 9.48. The molecule has 2 fully saturated rings. The Balaban J connectivity index is 1.84. The molecule has 2 N–H and O–H groups in total. The lowest BCUT2D eigenvalue weighted by molar-refractivity contribution is -0.0879. The Morgan fingerprint density at radius 2 is 2.00 bits per heavy atom. The van der Waals surface area contributed by atoms with Crippen molar-refractivity contribution < 1.29 is 5.11 Å². The number of hydrogen-bond donors (Lipinski definition) is 2. The Kier molecular flexibility index (Phi) is 3.60. The van der Waals surface area contributed by atoms with Crippen molar-refractivity contribution in [1.82, 2.24) is 5.32 Å². The molecule has 0 bridgehead atoms. The van der Waals surface area contributed by atoms with Crippen molar-refractivity contribution in [3.05, 3.63) is 0 Å². The SMILES string of the molecule is CC(O)CCNC1[C@@H]2CCCC[C@@H]2C1(C)C. The second-order valence-corrected chi connectivity index (χ2v) is 6.45. The van der Waals surface area contributed by atoms with E-state index in [1.807, 2.05) is 6.92 Å². The van der Waals surface area contributed by atoms with E-state index in [-0.39, 0.29) is 6.10 Å².